The minimum atomic E-state index is -1.39. The summed E-state index contributed by atoms with van der Waals surface area (Å²) < 4.78 is 16.6. The van der Waals surface area contributed by atoms with Gasteiger partial charge < -0.3 is 10.3 Å². The molecule has 0 spiro atoms. The van der Waals surface area contributed by atoms with E-state index in [1.807, 2.05) is 49.7 Å². The van der Waals surface area contributed by atoms with Crippen molar-refractivity contribution in [3.05, 3.63) is 30.1 Å². The molecule has 0 saturated carbocycles. The molecule has 0 radical (unpaired) electrons. The van der Waals surface area contributed by atoms with Gasteiger partial charge in [0.15, 0.2) is 0 Å². The second-order valence-electron chi connectivity index (χ2n) is 5.15. The van der Waals surface area contributed by atoms with E-state index in [-0.39, 0.29) is 18.9 Å². The maximum Gasteiger partial charge on any atom is 0.132 e. The van der Waals surface area contributed by atoms with Crippen LogP contribution < -0.4 is 5.73 Å². The molecule has 1 aromatic heterocycles. The maximum atomic E-state index is 14.7. The molecule has 1 unspecified atom stereocenters. The van der Waals surface area contributed by atoms with E-state index < -0.39 is 5.67 Å². The van der Waals surface area contributed by atoms with Crippen molar-refractivity contribution < 1.29 is 4.39 Å². The molecule has 18 heavy (non-hydrogen) atoms. The van der Waals surface area contributed by atoms with E-state index in [9.17, 15) is 4.39 Å². The van der Waals surface area contributed by atoms with E-state index in [2.05, 4.69) is 4.98 Å². The second-order valence-corrected chi connectivity index (χ2v) is 5.15. The minimum Gasteiger partial charge on any atom is -0.331 e. The zero-order valence-electron chi connectivity index (χ0n) is 11.2. The van der Waals surface area contributed by atoms with Gasteiger partial charge in [-0.3, -0.25) is 0 Å². The fourth-order valence-electron chi connectivity index (χ4n) is 2.13. The number of nitrogens with zero attached hydrogens (tertiary/aromatic N) is 2. The second kappa shape index (κ2) is 4.69. The topological polar surface area (TPSA) is 43.8 Å². The molecular formula is C14H20FN3. The first-order valence-corrected chi connectivity index (χ1v) is 6.27. The van der Waals surface area contributed by atoms with Crippen molar-refractivity contribution in [1.82, 2.24) is 9.55 Å². The van der Waals surface area contributed by atoms with E-state index >= 15 is 0 Å². The number of halogens is 1. The van der Waals surface area contributed by atoms with E-state index in [4.69, 9.17) is 5.73 Å². The number of fused-ring (bicyclic) bond motifs is 1. The molecule has 0 fully saturated rings. The summed E-state index contributed by atoms with van der Waals surface area (Å²) in [6.45, 7) is 3.74. The Morgan fingerprint density at radius 1 is 1.39 bits per heavy atom. The molecule has 3 nitrogen and oxygen atoms in total. The lowest BCUT2D eigenvalue weighted by molar-refractivity contribution is 0.107. The van der Waals surface area contributed by atoms with E-state index in [1.54, 1.807) is 0 Å². The van der Waals surface area contributed by atoms with Crippen molar-refractivity contribution in [2.24, 2.45) is 18.7 Å². The predicted molar refractivity (Wildman–Crippen MR) is 72.1 cm³/mol. The highest BCUT2D eigenvalue weighted by Crippen LogP contribution is 2.26. The van der Waals surface area contributed by atoms with Crippen molar-refractivity contribution in [2.45, 2.75) is 25.9 Å². The molecule has 0 aliphatic carbocycles. The van der Waals surface area contributed by atoms with E-state index in [0.29, 0.717) is 0 Å². The number of benzene rings is 1. The molecular weight excluding hydrogens is 229 g/mol. The molecule has 98 valence electrons. The number of para-hydroxylation sites is 2. The summed E-state index contributed by atoms with van der Waals surface area (Å²) >= 11 is 0. The van der Waals surface area contributed by atoms with E-state index in [1.165, 1.54) is 0 Å². The van der Waals surface area contributed by atoms with Crippen LogP contribution >= 0.6 is 0 Å². The molecule has 1 aromatic carbocycles. The van der Waals surface area contributed by atoms with Gasteiger partial charge in [-0.1, -0.05) is 26.0 Å². The van der Waals surface area contributed by atoms with Crippen LogP contribution in [0.2, 0.25) is 0 Å². The fraction of sp³-hybridized carbons (Fsp3) is 0.500. The third kappa shape index (κ3) is 2.12. The highest BCUT2D eigenvalue weighted by molar-refractivity contribution is 5.75. The number of rotatable bonds is 4. The monoisotopic (exact) mass is 249 g/mol. The van der Waals surface area contributed by atoms with Gasteiger partial charge in [-0.25, -0.2) is 9.37 Å². The third-order valence-corrected chi connectivity index (χ3v) is 3.71. The van der Waals surface area contributed by atoms with Gasteiger partial charge in [0, 0.05) is 20.0 Å². The Hall–Kier alpha value is -1.42. The SMILES string of the molecule is CC(C)C(F)(CN)Cc1nc2ccccc2n1C. The van der Waals surface area contributed by atoms with Crippen LogP contribution in [0.3, 0.4) is 0 Å². The summed E-state index contributed by atoms with van der Waals surface area (Å²) in [6, 6.07) is 7.83. The molecule has 1 heterocycles. The largest absolute Gasteiger partial charge is 0.331 e. The van der Waals surface area contributed by atoms with Gasteiger partial charge >= 0.3 is 0 Å². The van der Waals surface area contributed by atoms with Crippen molar-refractivity contribution in [1.29, 1.82) is 0 Å². The van der Waals surface area contributed by atoms with Crippen LogP contribution in [0.25, 0.3) is 11.0 Å². The summed E-state index contributed by atoms with van der Waals surface area (Å²) in [6.07, 6.45) is 0.256. The molecule has 0 aliphatic rings. The Morgan fingerprint density at radius 3 is 2.61 bits per heavy atom. The summed E-state index contributed by atoms with van der Waals surface area (Å²) in [4.78, 5) is 4.50. The normalized spacial score (nSPS) is 15.2. The van der Waals surface area contributed by atoms with Crippen LogP contribution in [-0.2, 0) is 13.5 Å². The lowest BCUT2D eigenvalue weighted by atomic mass is 9.89. The van der Waals surface area contributed by atoms with Gasteiger partial charge in [-0.05, 0) is 18.1 Å². The van der Waals surface area contributed by atoms with Crippen molar-refractivity contribution >= 4 is 11.0 Å². The Morgan fingerprint density at radius 2 is 2.06 bits per heavy atom. The average Bonchev–Trinajstić information content (AvgIpc) is 2.66. The van der Waals surface area contributed by atoms with Gasteiger partial charge in [0.1, 0.15) is 11.5 Å². The number of hydrogen-bond donors (Lipinski definition) is 1. The van der Waals surface area contributed by atoms with Crippen LogP contribution in [0.4, 0.5) is 4.39 Å². The summed E-state index contributed by atoms with van der Waals surface area (Å²) in [7, 11) is 1.92. The first-order valence-electron chi connectivity index (χ1n) is 6.27. The third-order valence-electron chi connectivity index (χ3n) is 3.71. The van der Waals surface area contributed by atoms with Gasteiger partial charge in [0.25, 0.3) is 0 Å². The Labute approximate surface area is 107 Å². The van der Waals surface area contributed by atoms with Crippen molar-refractivity contribution in [3.63, 3.8) is 0 Å². The lowest BCUT2D eigenvalue weighted by Crippen LogP contribution is -2.41. The minimum absolute atomic E-state index is 0.0217. The average molecular weight is 249 g/mol. The van der Waals surface area contributed by atoms with Crippen molar-refractivity contribution in [2.75, 3.05) is 6.54 Å². The van der Waals surface area contributed by atoms with Gasteiger partial charge in [-0.2, -0.15) is 0 Å². The van der Waals surface area contributed by atoms with Gasteiger partial charge in [-0.15, -0.1) is 0 Å². The Bertz CT molecular complexity index is 547. The summed E-state index contributed by atoms with van der Waals surface area (Å²) in [5.74, 6) is 0.625. The first-order chi connectivity index (χ1) is 8.48. The summed E-state index contributed by atoms with van der Waals surface area (Å²) in [5.41, 5.74) is 6.12. The smallest absolute Gasteiger partial charge is 0.132 e. The number of nitrogens with two attached hydrogens (primary N) is 1. The molecule has 2 N–H and O–H groups in total. The number of aromatic nitrogens is 2. The highest BCUT2D eigenvalue weighted by atomic mass is 19.1. The lowest BCUT2D eigenvalue weighted by Gasteiger charge is -2.27. The summed E-state index contributed by atoms with van der Waals surface area (Å²) in [5, 5.41) is 0. The van der Waals surface area contributed by atoms with Crippen LogP contribution in [0.1, 0.15) is 19.7 Å². The molecule has 1 atom stereocenters. The van der Waals surface area contributed by atoms with E-state index in [0.717, 1.165) is 16.9 Å². The van der Waals surface area contributed by atoms with Crippen LogP contribution in [0.5, 0.6) is 0 Å². The van der Waals surface area contributed by atoms with Crippen molar-refractivity contribution in [3.8, 4) is 0 Å². The fourth-order valence-corrected chi connectivity index (χ4v) is 2.13. The zero-order chi connectivity index (χ0) is 13.3. The van der Waals surface area contributed by atoms with Crippen LogP contribution in [0.15, 0.2) is 24.3 Å². The number of alkyl halides is 1. The van der Waals surface area contributed by atoms with Crippen LogP contribution in [0, 0.1) is 5.92 Å². The molecule has 0 amide bonds. The highest BCUT2D eigenvalue weighted by Gasteiger charge is 2.34. The molecule has 2 rings (SSSR count). The maximum absolute atomic E-state index is 14.7. The first kappa shape index (κ1) is 13.0. The quantitative estimate of drug-likeness (QED) is 0.904. The van der Waals surface area contributed by atoms with Gasteiger partial charge in [0.2, 0.25) is 0 Å². The number of imidazole rings is 1. The predicted octanol–water partition coefficient (Wildman–Crippen LogP) is 2.44. The molecule has 0 bridgehead atoms. The zero-order valence-corrected chi connectivity index (χ0v) is 11.2. The standard InChI is InChI=1S/C14H20FN3/c1-10(2)14(15,9-16)8-13-17-11-6-4-5-7-12(11)18(13)3/h4-7,10H,8-9,16H2,1-3H3. The van der Waals surface area contributed by atoms with Gasteiger partial charge in [0.05, 0.1) is 11.0 Å². The Balaban J connectivity index is 2.40. The Kier molecular flexibility index (Phi) is 3.39. The molecule has 2 aromatic rings. The number of aryl methyl sites for hydroxylation is 1. The number of hydrogen-bond acceptors (Lipinski definition) is 2. The van der Waals surface area contributed by atoms with Crippen LogP contribution in [-0.4, -0.2) is 21.8 Å². The molecule has 0 saturated heterocycles. The molecule has 0 aliphatic heterocycles. The molecule has 4 heteroatoms.